The zero-order valence-electron chi connectivity index (χ0n) is 24.2. The first kappa shape index (κ1) is 31.1. The normalized spacial score (nSPS) is 18.9. The smallest absolute Gasteiger partial charge is 0.340 e. The molecule has 1 fully saturated rings. The first-order valence-electron chi connectivity index (χ1n) is 15.3. The average molecular weight is 543 g/mol. The number of alkyl halides is 1. The molecule has 0 spiro atoms. The van der Waals surface area contributed by atoms with Crippen LogP contribution in [0.1, 0.15) is 110 Å². The molecule has 3 nitrogen and oxygen atoms in total. The minimum atomic E-state index is -1.48. The molecule has 0 saturated heterocycles. The van der Waals surface area contributed by atoms with Gasteiger partial charge in [-0.05, 0) is 99.5 Å². The van der Waals surface area contributed by atoms with E-state index in [0.29, 0.717) is 18.1 Å². The highest BCUT2D eigenvalue weighted by Crippen LogP contribution is 2.31. The molecule has 0 bridgehead atoms. The second kappa shape index (κ2) is 16.6. The molecule has 0 aromatic heterocycles. The second-order valence-corrected chi connectivity index (χ2v) is 11.3. The van der Waals surface area contributed by atoms with Crippen molar-refractivity contribution in [1.82, 2.24) is 0 Å². The number of ether oxygens (including phenoxy) is 2. The fraction of sp³-hybridized carbons (Fsp3) is 0.618. The lowest BCUT2D eigenvalue weighted by atomic mass is 9.83. The van der Waals surface area contributed by atoms with Crippen molar-refractivity contribution in [2.24, 2.45) is 5.92 Å². The molecule has 216 valence electrons. The van der Waals surface area contributed by atoms with Gasteiger partial charge in [0.05, 0.1) is 6.10 Å². The van der Waals surface area contributed by atoms with Gasteiger partial charge < -0.3 is 9.47 Å². The zero-order chi connectivity index (χ0) is 28.0. The topological polar surface area (TPSA) is 35.5 Å². The van der Waals surface area contributed by atoms with Gasteiger partial charge in [-0.15, -0.1) is 0 Å². The number of carbonyl (C=O) groups is 1. The number of hydrogen-bond donors (Lipinski definition) is 0. The largest absolute Gasteiger partial charge is 0.488 e. The van der Waals surface area contributed by atoms with Crippen molar-refractivity contribution < 1.29 is 23.0 Å². The third kappa shape index (κ3) is 10.6. The Morgan fingerprint density at radius 2 is 1.59 bits per heavy atom. The van der Waals surface area contributed by atoms with E-state index in [1.165, 1.54) is 24.8 Å². The molecule has 0 aliphatic heterocycles. The van der Waals surface area contributed by atoms with Crippen LogP contribution >= 0.6 is 0 Å². The summed E-state index contributed by atoms with van der Waals surface area (Å²) < 4.78 is 39.9. The first-order chi connectivity index (χ1) is 18.9. The summed E-state index contributed by atoms with van der Waals surface area (Å²) in [7, 11) is 0. The van der Waals surface area contributed by atoms with Gasteiger partial charge >= 0.3 is 5.97 Å². The Morgan fingerprint density at radius 3 is 2.26 bits per heavy atom. The van der Waals surface area contributed by atoms with Gasteiger partial charge in [-0.3, -0.25) is 0 Å². The number of hydrogen-bond acceptors (Lipinski definition) is 3. The highest BCUT2D eigenvalue weighted by atomic mass is 19.1. The minimum absolute atomic E-state index is 0.00426. The molecular formula is C34H48F2O3. The molecule has 0 N–H and O–H groups in total. The predicted octanol–water partition coefficient (Wildman–Crippen LogP) is 9.79. The molecule has 0 amide bonds. The Bertz CT molecular complexity index is 982. The molecule has 0 heterocycles. The van der Waals surface area contributed by atoms with E-state index in [1.54, 1.807) is 12.1 Å². The Morgan fingerprint density at radius 1 is 0.897 bits per heavy atom. The lowest BCUT2D eigenvalue weighted by molar-refractivity contribution is -0.157. The van der Waals surface area contributed by atoms with Crippen LogP contribution in [0.3, 0.4) is 0 Å². The van der Waals surface area contributed by atoms with E-state index in [4.69, 9.17) is 9.47 Å². The lowest BCUT2D eigenvalue weighted by Crippen LogP contribution is -2.29. The van der Waals surface area contributed by atoms with Gasteiger partial charge in [0.2, 0.25) is 0 Å². The van der Waals surface area contributed by atoms with Gasteiger partial charge in [-0.2, -0.15) is 0 Å². The molecule has 0 radical (unpaired) electrons. The summed E-state index contributed by atoms with van der Waals surface area (Å²) >= 11 is 0. The van der Waals surface area contributed by atoms with Crippen LogP contribution in [0.4, 0.5) is 8.78 Å². The standard InChI is InChI=1S/C34H48F2O3/c1-4-6-8-9-10-25(3)38-33-23-20-29(24-32(33)36)28-18-14-26(15-19-28)12-13-27-16-21-30(22-17-27)39-34(37)31(35)11-7-5-2/h14-15,18-20,23-25,27,30-31H,4-13,16-17,21-22H2,1-3H3/t25-,27?,30?,31+/m1/s1. The molecule has 3 rings (SSSR count). The maximum atomic E-state index is 14.8. The van der Waals surface area contributed by atoms with Crippen molar-refractivity contribution in [1.29, 1.82) is 0 Å². The molecule has 1 aliphatic carbocycles. The first-order valence-corrected chi connectivity index (χ1v) is 15.3. The summed E-state index contributed by atoms with van der Waals surface area (Å²) in [6.07, 6.45) is 11.6. The van der Waals surface area contributed by atoms with E-state index in [9.17, 15) is 13.6 Å². The number of esters is 1. The fourth-order valence-electron chi connectivity index (χ4n) is 5.42. The maximum absolute atomic E-state index is 14.8. The summed E-state index contributed by atoms with van der Waals surface area (Å²) in [6, 6.07) is 13.6. The third-order valence-electron chi connectivity index (χ3n) is 8.00. The molecule has 2 aromatic carbocycles. The van der Waals surface area contributed by atoms with Crippen molar-refractivity contribution in [2.45, 2.75) is 129 Å². The Hall–Kier alpha value is -2.43. The fourth-order valence-corrected chi connectivity index (χ4v) is 5.42. The number of aryl methyl sites for hydroxylation is 1. The molecule has 0 unspecified atom stereocenters. The SMILES string of the molecule is CCCCCC[C@@H](C)Oc1ccc(-c2ccc(CCC3CCC(OC(=O)[C@@H](F)CCCC)CC3)cc2)cc1F. The van der Waals surface area contributed by atoms with Gasteiger partial charge in [0, 0.05) is 0 Å². The van der Waals surface area contributed by atoms with Crippen molar-refractivity contribution in [2.75, 3.05) is 0 Å². The van der Waals surface area contributed by atoms with Gasteiger partial charge in [-0.1, -0.05) is 76.3 Å². The van der Waals surface area contributed by atoms with Crippen LogP contribution in [-0.2, 0) is 16.0 Å². The van der Waals surface area contributed by atoms with Crippen molar-refractivity contribution in [3.63, 3.8) is 0 Å². The Balaban J connectivity index is 1.41. The van der Waals surface area contributed by atoms with Crippen molar-refractivity contribution in [3.05, 3.63) is 53.8 Å². The monoisotopic (exact) mass is 542 g/mol. The van der Waals surface area contributed by atoms with E-state index < -0.39 is 12.1 Å². The number of benzene rings is 2. The number of rotatable bonds is 16. The third-order valence-corrected chi connectivity index (χ3v) is 8.00. The van der Waals surface area contributed by atoms with Crippen LogP contribution in [0.15, 0.2) is 42.5 Å². The zero-order valence-corrected chi connectivity index (χ0v) is 24.2. The van der Waals surface area contributed by atoms with Gasteiger partial charge in [-0.25, -0.2) is 13.6 Å². The van der Waals surface area contributed by atoms with E-state index >= 15 is 0 Å². The van der Waals surface area contributed by atoms with Crippen molar-refractivity contribution in [3.8, 4) is 16.9 Å². The maximum Gasteiger partial charge on any atom is 0.340 e. The van der Waals surface area contributed by atoms with E-state index in [-0.39, 0.29) is 24.4 Å². The predicted molar refractivity (Wildman–Crippen MR) is 155 cm³/mol. The number of unbranched alkanes of at least 4 members (excludes halogenated alkanes) is 4. The number of carbonyl (C=O) groups excluding carboxylic acids is 1. The van der Waals surface area contributed by atoms with E-state index in [0.717, 1.165) is 68.9 Å². The summed E-state index contributed by atoms with van der Waals surface area (Å²) in [4.78, 5) is 11.9. The quantitative estimate of drug-likeness (QED) is 0.156. The summed E-state index contributed by atoms with van der Waals surface area (Å²) in [5, 5.41) is 0. The molecule has 5 heteroatoms. The molecule has 1 aliphatic rings. The Labute approximate surface area is 234 Å². The van der Waals surface area contributed by atoms with Crippen LogP contribution in [-0.4, -0.2) is 24.3 Å². The highest BCUT2D eigenvalue weighted by Gasteiger charge is 2.27. The van der Waals surface area contributed by atoms with E-state index in [2.05, 4.69) is 31.2 Å². The molecule has 39 heavy (non-hydrogen) atoms. The van der Waals surface area contributed by atoms with Crippen LogP contribution in [0.2, 0.25) is 0 Å². The average Bonchev–Trinajstić information content (AvgIpc) is 2.95. The van der Waals surface area contributed by atoms with Crippen LogP contribution in [0.25, 0.3) is 11.1 Å². The van der Waals surface area contributed by atoms with Crippen LogP contribution in [0, 0.1) is 11.7 Å². The summed E-state index contributed by atoms with van der Waals surface area (Å²) in [6.45, 7) is 6.19. The van der Waals surface area contributed by atoms with Gasteiger partial charge in [0.15, 0.2) is 17.7 Å². The number of halogens is 2. The molecule has 1 saturated carbocycles. The Kier molecular flexibility index (Phi) is 13.3. The van der Waals surface area contributed by atoms with E-state index in [1.807, 2.05) is 19.9 Å². The lowest BCUT2D eigenvalue weighted by Gasteiger charge is -2.28. The summed E-state index contributed by atoms with van der Waals surface area (Å²) in [5.74, 6) is -0.0805. The molecular weight excluding hydrogens is 494 g/mol. The summed E-state index contributed by atoms with van der Waals surface area (Å²) in [5.41, 5.74) is 3.10. The molecule has 2 aromatic rings. The second-order valence-electron chi connectivity index (χ2n) is 11.3. The van der Waals surface area contributed by atoms with Gasteiger partial charge in [0.25, 0.3) is 0 Å². The van der Waals surface area contributed by atoms with Crippen LogP contribution < -0.4 is 4.74 Å². The van der Waals surface area contributed by atoms with Gasteiger partial charge in [0.1, 0.15) is 6.10 Å². The highest BCUT2D eigenvalue weighted by molar-refractivity contribution is 5.74. The van der Waals surface area contributed by atoms with Crippen LogP contribution in [0.5, 0.6) is 5.75 Å². The molecule has 2 atom stereocenters. The van der Waals surface area contributed by atoms with Crippen molar-refractivity contribution >= 4 is 5.97 Å². The minimum Gasteiger partial charge on any atom is -0.488 e.